The van der Waals surface area contributed by atoms with E-state index in [0.29, 0.717) is 18.2 Å². The number of pyridine rings is 1. The minimum Gasteiger partial charge on any atom is -0.349 e. The van der Waals surface area contributed by atoms with Crippen molar-refractivity contribution in [2.75, 3.05) is 22.9 Å². The second-order valence-corrected chi connectivity index (χ2v) is 5.85. The van der Waals surface area contributed by atoms with Crippen molar-refractivity contribution in [2.45, 2.75) is 18.5 Å². The maximum absolute atomic E-state index is 13.9. The van der Waals surface area contributed by atoms with E-state index in [9.17, 15) is 9.18 Å². The number of hydrogen-bond donors (Lipinski definition) is 0. The number of aromatic nitrogens is 3. The molecule has 0 aromatic carbocycles. The standard InChI is InChI=1S/C15H16FN5O/c1-19-9-18-13(6-14(19)22)20-7-11-5-10(20)8-21(11)15-12(16)3-2-4-17-15/h2-4,6,9-11H,5,7-8H2,1H3. The third-order valence-electron chi connectivity index (χ3n) is 4.51. The van der Waals surface area contributed by atoms with Crippen LogP contribution in [0.4, 0.5) is 16.0 Å². The van der Waals surface area contributed by atoms with Crippen LogP contribution in [-0.4, -0.2) is 39.7 Å². The van der Waals surface area contributed by atoms with Crippen LogP contribution in [0.2, 0.25) is 0 Å². The Morgan fingerprint density at radius 1 is 1.23 bits per heavy atom. The summed E-state index contributed by atoms with van der Waals surface area (Å²) in [6.45, 7) is 1.44. The van der Waals surface area contributed by atoms with Crippen molar-refractivity contribution in [2.24, 2.45) is 7.05 Å². The molecule has 2 aliphatic rings. The summed E-state index contributed by atoms with van der Waals surface area (Å²) in [5, 5.41) is 0. The molecule has 0 amide bonds. The summed E-state index contributed by atoms with van der Waals surface area (Å²) in [7, 11) is 1.68. The van der Waals surface area contributed by atoms with Crippen molar-refractivity contribution in [1.29, 1.82) is 0 Å². The minimum absolute atomic E-state index is 0.0691. The molecule has 2 saturated heterocycles. The number of nitrogens with zero attached hydrogens (tertiary/aromatic N) is 5. The van der Waals surface area contributed by atoms with Gasteiger partial charge in [-0.1, -0.05) is 0 Å². The van der Waals surface area contributed by atoms with Gasteiger partial charge in [0.05, 0.1) is 18.4 Å². The first kappa shape index (κ1) is 13.2. The van der Waals surface area contributed by atoms with Gasteiger partial charge in [0.25, 0.3) is 5.56 Å². The fourth-order valence-electron chi connectivity index (χ4n) is 3.40. The lowest BCUT2D eigenvalue weighted by molar-refractivity contribution is 0.583. The van der Waals surface area contributed by atoms with E-state index in [4.69, 9.17) is 0 Å². The zero-order valence-electron chi connectivity index (χ0n) is 12.2. The maximum Gasteiger partial charge on any atom is 0.255 e. The Balaban J connectivity index is 1.58. The molecule has 2 aliphatic heterocycles. The molecule has 0 N–H and O–H groups in total. The molecule has 0 saturated carbocycles. The average molecular weight is 301 g/mol. The molecule has 0 spiro atoms. The van der Waals surface area contributed by atoms with E-state index in [1.54, 1.807) is 31.7 Å². The SMILES string of the molecule is Cn1cnc(N2CC3CC2CN3c2ncccc2F)cc1=O. The van der Waals surface area contributed by atoms with Gasteiger partial charge in [0.1, 0.15) is 5.82 Å². The Bertz CT molecular complexity index is 777. The number of hydrogen-bond acceptors (Lipinski definition) is 5. The minimum atomic E-state index is -0.284. The smallest absolute Gasteiger partial charge is 0.255 e. The van der Waals surface area contributed by atoms with Crippen LogP contribution in [0.25, 0.3) is 0 Å². The summed E-state index contributed by atoms with van der Waals surface area (Å²) in [5.41, 5.74) is -0.0691. The van der Waals surface area contributed by atoms with Crippen molar-refractivity contribution in [3.05, 3.63) is 46.9 Å². The predicted molar refractivity (Wildman–Crippen MR) is 80.6 cm³/mol. The number of aryl methyl sites for hydroxylation is 1. The normalized spacial score (nSPS) is 23.4. The van der Waals surface area contributed by atoms with E-state index in [0.717, 1.165) is 13.0 Å². The highest BCUT2D eigenvalue weighted by molar-refractivity contribution is 5.51. The maximum atomic E-state index is 13.9. The van der Waals surface area contributed by atoms with Gasteiger partial charge in [-0.15, -0.1) is 0 Å². The third-order valence-corrected chi connectivity index (χ3v) is 4.51. The summed E-state index contributed by atoms with van der Waals surface area (Å²) in [6.07, 6.45) is 4.09. The van der Waals surface area contributed by atoms with Crippen LogP contribution in [0.5, 0.6) is 0 Å². The second kappa shape index (κ2) is 4.79. The molecule has 114 valence electrons. The summed E-state index contributed by atoms with van der Waals surface area (Å²) >= 11 is 0. The Kier molecular flexibility index (Phi) is 2.88. The van der Waals surface area contributed by atoms with Gasteiger partial charge in [-0.2, -0.15) is 0 Å². The van der Waals surface area contributed by atoms with Crippen LogP contribution in [0, 0.1) is 5.82 Å². The van der Waals surface area contributed by atoms with Crippen LogP contribution in [0.1, 0.15) is 6.42 Å². The molecule has 0 radical (unpaired) electrons. The monoisotopic (exact) mass is 301 g/mol. The van der Waals surface area contributed by atoms with E-state index < -0.39 is 0 Å². The summed E-state index contributed by atoms with van der Waals surface area (Å²) in [6, 6.07) is 5.05. The van der Waals surface area contributed by atoms with Crippen molar-refractivity contribution in [3.63, 3.8) is 0 Å². The number of fused-ring (bicyclic) bond motifs is 2. The molecule has 4 rings (SSSR count). The molecular weight excluding hydrogens is 285 g/mol. The largest absolute Gasteiger partial charge is 0.349 e. The van der Waals surface area contributed by atoms with Crippen molar-refractivity contribution in [3.8, 4) is 0 Å². The van der Waals surface area contributed by atoms with Gasteiger partial charge in [-0.25, -0.2) is 14.4 Å². The van der Waals surface area contributed by atoms with Gasteiger partial charge in [-0.05, 0) is 18.6 Å². The molecule has 22 heavy (non-hydrogen) atoms. The fourth-order valence-corrected chi connectivity index (χ4v) is 3.40. The lowest BCUT2D eigenvalue weighted by Crippen LogP contribution is -2.47. The number of anilines is 2. The molecule has 0 aliphatic carbocycles. The highest BCUT2D eigenvalue weighted by Crippen LogP contribution is 2.36. The lowest BCUT2D eigenvalue weighted by atomic mass is 10.2. The van der Waals surface area contributed by atoms with Crippen LogP contribution < -0.4 is 15.4 Å². The van der Waals surface area contributed by atoms with Gasteiger partial charge < -0.3 is 14.4 Å². The first-order valence-electron chi connectivity index (χ1n) is 7.30. The fraction of sp³-hybridized carbons (Fsp3) is 0.400. The van der Waals surface area contributed by atoms with Gasteiger partial charge in [0.2, 0.25) is 0 Å². The lowest BCUT2D eigenvalue weighted by Gasteiger charge is -2.35. The zero-order valence-corrected chi connectivity index (χ0v) is 12.2. The number of rotatable bonds is 2. The van der Waals surface area contributed by atoms with Gasteiger partial charge in [-0.3, -0.25) is 4.79 Å². The van der Waals surface area contributed by atoms with Gasteiger partial charge in [0.15, 0.2) is 11.6 Å². The van der Waals surface area contributed by atoms with E-state index in [2.05, 4.69) is 14.9 Å². The van der Waals surface area contributed by atoms with E-state index in [1.807, 2.05) is 4.90 Å². The molecule has 2 aromatic heterocycles. The van der Waals surface area contributed by atoms with Crippen LogP contribution >= 0.6 is 0 Å². The Hall–Kier alpha value is -2.44. The Morgan fingerprint density at radius 3 is 2.68 bits per heavy atom. The molecule has 2 bridgehead atoms. The van der Waals surface area contributed by atoms with Gasteiger partial charge >= 0.3 is 0 Å². The molecule has 4 heterocycles. The van der Waals surface area contributed by atoms with E-state index in [1.165, 1.54) is 10.6 Å². The van der Waals surface area contributed by atoms with Crippen LogP contribution in [0.15, 0.2) is 35.5 Å². The number of piperazine rings is 1. The first-order valence-corrected chi connectivity index (χ1v) is 7.30. The molecule has 2 atom stereocenters. The molecule has 2 aromatic rings. The first-order chi connectivity index (χ1) is 10.6. The van der Waals surface area contributed by atoms with Crippen LogP contribution in [-0.2, 0) is 7.05 Å². The Labute approximate surface area is 126 Å². The zero-order chi connectivity index (χ0) is 15.3. The van der Waals surface area contributed by atoms with Gasteiger partial charge in [0, 0.05) is 32.4 Å². The van der Waals surface area contributed by atoms with E-state index >= 15 is 0 Å². The third kappa shape index (κ3) is 1.96. The molecular formula is C15H16FN5O. The second-order valence-electron chi connectivity index (χ2n) is 5.85. The molecule has 2 unspecified atom stereocenters. The quantitative estimate of drug-likeness (QED) is 0.820. The van der Waals surface area contributed by atoms with Crippen molar-refractivity contribution in [1.82, 2.24) is 14.5 Å². The van der Waals surface area contributed by atoms with Crippen molar-refractivity contribution < 1.29 is 4.39 Å². The topological polar surface area (TPSA) is 54.3 Å². The summed E-state index contributed by atoms with van der Waals surface area (Å²) in [5.74, 6) is 0.844. The van der Waals surface area contributed by atoms with Crippen LogP contribution in [0.3, 0.4) is 0 Å². The molecule has 2 fully saturated rings. The molecule has 7 heteroatoms. The molecule has 6 nitrogen and oxygen atoms in total. The predicted octanol–water partition coefficient (Wildman–Crippen LogP) is 0.782. The highest BCUT2D eigenvalue weighted by Gasteiger charge is 2.45. The van der Waals surface area contributed by atoms with Crippen molar-refractivity contribution >= 4 is 11.6 Å². The summed E-state index contributed by atoms with van der Waals surface area (Å²) < 4.78 is 15.4. The highest BCUT2D eigenvalue weighted by atomic mass is 19.1. The summed E-state index contributed by atoms with van der Waals surface area (Å²) in [4.78, 5) is 24.4. The average Bonchev–Trinajstić information content (AvgIpc) is 3.11. The number of halogens is 1. The Morgan fingerprint density at radius 2 is 2.00 bits per heavy atom. The van der Waals surface area contributed by atoms with E-state index in [-0.39, 0.29) is 23.5 Å².